The van der Waals surface area contributed by atoms with E-state index >= 15 is 0 Å². The molecule has 0 amide bonds. The summed E-state index contributed by atoms with van der Waals surface area (Å²) in [5, 5.41) is 8.55. The normalized spacial score (nSPS) is 12.2. The van der Waals surface area contributed by atoms with E-state index in [2.05, 4.69) is 161 Å². The highest BCUT2D eigenvalue weighted by molar-refractivity contribution is 7.26. The van der Waals surface area contributed by atoms with E-state index in [0.29, 0.717) is 0 Å². The number of nitrogens with zero attached hydrogens (tertiary/aromatic N) is 3. The predicted octanol–water partition coefficient (Wildman–Crippen LogP) is 12.5. The topological polar surface area (TPSA) is 22.8 Å². The minimum atomic E-state index is 1.00. The summed E-state index contributed by atoms with van der Waals surface area (Å²) in [6, 6.07) is 55.1. The van der Waals surface area contributed by atoms with Crippen LogP contribution in [0.2, 0.25) is 0 Å². The van der Waals surface area contributed by atoms with Crippen LogP contribution < -0.4 is 0 Å². The van der Waals surface area contributed by atoms with Crippen molar-refractivity contribution in [3.05, 3.63) is 152 Å². The molecule has 0 aliphatic carbocycles. The van der Waals surface area contributed by atoms with Crippen molar-refractivity contribution in [2.45, 2.75) is 0 Å². The summed E-state index contributed by atoms with van der Waals surface area (Å²) in [7, 11) is 0. The standard InChI is InChI=1S/C43H25N3S2/c1-2-10-28(11-3-1)45-34-15-7-4-12-29(34)32-24-26(18-20-36(32)45)27-19-21-37-33(25-27)30-13-5-8-16-35(30)46(37)43-44-42-40(48-43)23-22-39-41(42)31-14-6-9-17-38(31)47-39/h1-25H. The first-order chi connectivity index (χ1) is 23.8. The van der Waals surface area contributed by atoms with E-state index in [4.69, 9.17) is 4.98 Å². The van der Waals surface area contributed by atoms with Gasteiger partial charge in [-0.25, -0.2) is 4.98 Å². The summed E-state index contributed by atoms with van der Waals surface area (Å²) < 4.78 is 8.54. The zero-order chi connectivity index (χ0) is 31.3. The fraction of sp³-hybridized carbons (Fsp3) is 0. The van der Waals surface area contributed by atoms with Crippen molar-refractivity contribution < 1.29 is 0 Å². The first-order valence-electron chi connectivity index (χ1n) is 16.1. The monoisotopic (exact) mass is 647 g/mol. The molecule has 0 aliphatic rings. The van der Waals surface area contributed by atoms with Gasteiger partial charge in [0.15, 0.2) is 5.13 Å². The maximum Gasteiger partial charge on any atom is 0.195 e. The van der Waals surface area contributed by atoms with Gasteiger partial charge in [0.1, 0.15) is 0 Å². The van der Waals surface area contributed by atoms with Crippen molar-refractivity contribution in [1.82, 2.24) is 14.1 Å². The van der Waals surface area contributed by atoms with Crippen molar-refractivity contribution in [3.8, 4) is 21.9 Å². The van der Waals surface area contributed by atoms with Gasteiger partial charge in [-0.1, -0.05) is 96.3 Å². The molecule has 11 aromatic rings. The SMILES string of the molecule is c1ccc(-n2c3ccccc3c3cc(-c4ccc5c(c4)c4ccccc4n5-c4nc5c(ccc6sc7ccccc7c65)s4)ccc32)cc1. The zero-order valence-corrected chi connectivity index (χ0v) is 27.2. The lowest BCUT2D eigenvalue weighted by Gasteiger charge is -2.08. The molecule has 0 saturated heterocycles. The first kappa shape index (κ1) is 26.3. The maximum absolute atomic E-state index is 5.36. The molecule has 0 spiro atoms. The number of hydrogen-bond acceptors (Lipinski definition) is 3. The van der Waals surface area contributed by atoms with Crippen LogP contribution in [0, 0.1) is 0 Å². The lowest BCUT2D eigenvalue weighted by molar-refractivity contribution is 1.15. The van der Waals surface area contributed by atoms with Gasteiger partial charge in [-0.15, -0.1) is 11.3 Å². The van der Waals surface area contributed by atoms with E-state index in [9.17, 15) is 0 Å². The summed E-state index contributed by atoms with van der Waals surface area (Å²) in [6.07, 6.45) is 0. The molecule has 0 fully saturated rings. The molecule has 0 unspecified atom stereocenters. The number of rotatable bonds is 3. The summed E-state index contributed by atoms with van der Waals surface area (Å²) in [5.41, 5.74) is 9.47. The van der Waals surface area contributed by atoms with Crippen LogP contribution in [0.25, 0.3) is 95.9 Å². The molecule has 5 heteroatoms. The second kappa shape index (κ2) is 9.88. The van der Waals surface area contributed by atoms with Crippen LogP contribution in [0.3, 0.4) is 0 Å². The van der Waals surface area contributed by atoms with Crippen LogP contribution in [-0.2, 0) is 0 Å². The molecule has 48 heavy (non-hydrogen) atoms. The zero-order valence-electron chi connectivity index (χ0n) is 25.6. The molecule has 7 aromatic carbocycles. The molecule has 0 saturated carbocycles. The Bertz CT molecular complexity index is 3070. The molecule has 0 N–H and O–H groups in total. The second-order valence-electron chi connectivity index (χ2n) is 12.4. The molecule has 0 bridgehead atoms. The van der Waals surface area contributed by atoms with E-state index < -0.39 is 0 Å². The van der Waals surface area contributed by atoms with E-state index in [1.807, 2.05) is 11.3 Å². The van der Waals surface area contributed by atoms with E-state index in [1.165, 1.54) is 85.3 Å². The number of thiazole rings is 1. The van der Waals surface area contributed by atoms with Crippen LogP contribution in [0.4, 0.5) is 0 Å². The molecule has 4 aromatic heterocycles. The highest BCUT2D eigenvalue weighted by atomic mass is 32.1. The van der Waals surface area contributed by atoms with Crippen LogP contribution in [0.1, 0.15) is 0 Å². The Hall–Kier alpha value is -5.75. The van der Waals surface area contributed by atoms with Crippen LogP contribution in [0.15, 0.2) is 152 Å². The molecule has 3 nitrogen and oxygen atoms in total. The first-order valence-corrected chi connectivity index (χ1v) is 17.8. The minimum Gasteiger partial charge on any atom is -0.309 e. The average molecular weight is 648 g/mol. The van der Waals surface area contributed by atoms with Crippen molar-refractivity contribution in [1.29, 1.82) is 0 Å². The smallest absolute Gasteiger partial charge is 0.195 e. The lowest BCUT2D eigenvalue weighted by atomic mass is 10.0. The van der Waals surface area contributed by atoms with Crippen molar-refractivity contribution in [2.24, 2.45) is 0 Å². The maximum atomic E-state index is 5.36. The van der Waals surface area contributed by atoms with E-state index in [-0.39, 0.29) is 0 Å². The molecule has 0 aliphatic heterocycles. The van der Waals surface area contributed by atoms with E-state index in [0.717, 1.165) is 10.6 Å². The number of hydrogen-bond donors (Lipinski definition) is 0. The highest BCUT2D eigenvalue weighted by Gasteiger charge is 2.19. The largest absolute Gasteiger partial charge is 0.309 e. The Morgan fingerprint density at radius 2 is 0.958 bits per heavy atom. The summed E-state index contributed by atoms with van der Waals surface area (Å²) in [6.45, 7) is 0. The van der Waals surface area contributed by atoms with Crippen molar-refractivity contribution in [2.75, 3.05) is 0 Å². The minimum absolute atomic E-state index is 1.00. The predicted molar refractivity (Wildman–Crippen MR) is 207 cm³/mol. The summed E-state index contributed by atoms with van der Waals surface area (Å²) in [4.78, 5) is 5.36. The molecule has 0 atom stereocenters. The Morgan fingerprint density at radius 3 is 1.69 bits per heavy atom. The third-order valence-corrected chi connectivity index (χ3v) is 11.9. The lowest BCUT2D eigenvalue weighted by Crippen LogP contribution is -1.93. The van der Waals surface area contributed by atoms with Gasteiger partial charge in [0, 0.05) is 47.4 Å². The fourth-order valence-electron chi connectivity index (χ4n) is 7.65. The van der Waals surface area contributed by atoms with Crippen LogP contribution in [0.5, 0.6) is 0 Å². The van der Waals surface area contributed by atoms with Gasteiger partial charge in [-0.05, 0) is 77.9 Å². The number of fused-ring (bicyclic) bond motifs is 11. The van der Waals surface area contributed by atoms with Gasteiger partial charge in [-0.3, -0.25) is 4.57 Å². The highest BCUT2D eigenvalue weighted by Crippen LogP contribution is 2.43. The number of thiophene rings is 1. The Kier molecular flexibility index (Phi) is 5.42. The second-order valence-corrected chi connectivity index (χ2v) is 14.5. The molecule has 4 heterocycles. The summed E-state index contributed by atoms with van der Waals surface area (Å²) >= 11 is 3.61. The Labute approximate surface area is 283 Å². The molecule has 224 valence electrons. The van der Waals surface area contributed by atoms with Crippen LogP contribution in [-0.4, -0.2) is 14.1 Å². The molecular formula is C43H25N3S2. The van der Waals surface area contributed by atoms with Crippen molar-refractivity contribution in [3.63, 3.8) is 0 Å². The number of aromatic nitrogens is 3. The van der Waals surface area contributed by atoms with E-state index in [1.54, 1.807) is 11.3 Å². The molecular weight excluding hydrogens is 623 g/mol. The van der Waals surface area contributed by atoms with Gasteiger partial charge in [0.2, 0.25) is 0 Å². The van der Waals surface area contributed by atoms with Gasteiger partial charge in [0.05, 0.1) is 32.3 Å². The number of para-hydroxylation sites is 3. The third-order valence-electron chi connectivity index (χ3n) is 9.77. The van der Waals surface area contributed by atoms with Gasteiger partial charge in [0.25, 0.3) is 0 Å². The van der Waals surface area contributed by atoms with Gasteiger partial charge in [-0.2, -0.15) is 0 Å². The Morgan fingerprint density at radius 1 is 0.396 bits per heavy atom. The average Bonchev–Trinajstić information content (AvgIpc) is 3.90. The fourth-order valence-corrected chi connectivity index (χ4v) is 9.76. The van der Waals surface area contributed by atoms with Gasteiger partial charge < -0.3 is 4.57 Å². The Balaban J connectivity index is 1.11. The van der Waals surface area contributed by atoms with Crippen LogP contribution >= 0.6 is 22.7 Å². The summed E-state index contributed by atoms with van der Waals surface area (Å²) in [5.74, 6) is 0. The third kappa shape index (κ3) is 3.66. The molecule has 0 radical (unpaired) electrons. The molecule has 11 rings (SSSR count). The quantitative estimate of drug-likeness (QED) is 0.187. The van der Waals surface area contributed by atoms with Crippen molar-refractivity contribution >= 4 is 96.7 Å². The van der Waals surface area contributed by atoms with Gasteiger partial charge >= 0.3 is 0 Å². The number of benzene rings is 7.